The number of nitrogens with two attached hydrogens (primary N) is 1. The maximum Gasteiger partial charge on any atom is 0.161 e. The standard InChI is InChI=1S/C15H26N4OS/c1-4-11-12(5-2)17-18-15(13(11)14(16)21)19(3)9-7-6-8-10-20/h20H,4-10H2,1-3H3,(H2,16,21). The summed E-state index contributed by atoms with van der Waals surface area (Å²) in [6, 6.07) is 0. The van der Waals surface area contributed by atoms with Crippen LogP contribution in [0.2, 0.25) is 0 Å². The number of aryl methyl sites for hydroxylation is 1. The van der Waals surface area contributed by atoms with Crippen LogP contribution in [0.3, 0.4) is 0 Å². The van der Waals surface area contributed by atoms with Crippen molar-refractivity contribution in [1.29, 1.82) is 0 Å². The predicted molar refractivity (Wildman–Crippen MR) is 90.9 cm³/mol. The molecule has 0 aliphatic rings. The Labute approximate surface area is 132 Å². The van der Waals surface area contributed by atoms with Gasteiger partial charge in [-0.25, -0.2) is 0 Å². The molecule has 1 aromatic heterocycles. The zero-order chi connectivity index (χ0) is 15.8. The number of hydrogen-bond donors (Lipinski definition) is 2. The van der Waals surface area contributed by atoms with Crippen LogP contribution in [0, 0.1) is 0 Å². The van der Waals surface area contributed by atoms with Crippen LogP contribution >= 0.6 is 12.2 Å². The molecule has 0 atom stereocenters. The zero-order valence-corrected chi connectivity index (χ0v) is 14.0. The third-order valence-electron chi connectivity index (χ3n) is 3.59. The van der Waals surface area contributed by atoms with Gasteiger partial charge in [-0.2, -0.15) is 5.10 Å². The van der Waals surface area contributed by atoms with Crippen LogP contribution in [0.25, 0.3) is 0 Å². The molecule has 3 N–H and O–H groups in total. The fraction of sp³-hybridized carbons (Fsp3) is 0.667. The highest BCUT2D eigenvalue weighted by Gasteiger charge is 2.19. The van der Waals surface area contributed by atoms with Gasteiger partial charge in [0.25, 0.3) is 0 Å². The van der Waals surface area contributed by atoms with E-state index in [0.717, 1.165) is 61.3 Å². The molecule has 0 aliphatic carbocycles. The Kier molecular flexibility index (Phi) is 7.53. The first-order valence-electron chi connectivity index (χ1n) is 7.56. The quantitative estimate of drug-likeness (QED) is 0.535. The summed E-state index contributed by atoms with van der Waals surface area (Å²) in [6.45, 7) is 5.24. The summed E-state index contributed by atoms with van der Waals surface area (Å²) in [6.07, 6.45) is 4.48. The van der Waals surface area contributed by atoms with Gasteiger partial charge in [0.1, 0.15) is 4.99 Å². The Morgan fingerprint density at radius 1 is 1.19 bits per heavy atom. The number of unbranched alkanes of at least 4 members (excludes halogenated alkanes) is 2. The third kappa shape index (κ3) is 4.61. The van der Waals surface area contributed by atoms with Crippen molar-refractivity contribution in [3.8, 4) is 0 Å². The average molecular weight is 310 g/mol. The Balaban J connectivity index is 3.03. The second-order valence-electron chi connectivity index (χ2n) is 5.10. The summed E-state index contributed by atoms with van der Waals surface area (Å²) < 4.78 is 0. The van der Waals surface area contributed by atoms with Crippen LogP contribution in [0.1, 0.15) is 49.9 Å². The molecule has 0 spiro atoms. The number of aromatic nitrogens is 2. The zero-order valence-electron chi connectivity index (χ0n) is 13.2. The molecule has 5 nitrogen and oxygen atoms in total. The van der Waals surface area contributed by atoms with Gasteiger partial charge >= 0.3 is 0 Å². The van der Waals surface area contributed by atoms with Crippen LogP contribution in [0.4, 0.5) is 5.82 Å². The molecule has 0 saturated heterocycles. The van der Waals surface area contributed by atoms with Gasteiger partial charge in [-0.1, -0.05) is 26.1 Å². The molecule has 1 heterocycles. The molecule has 0 bridgehead atoms. The second kappa shape index (κ2) is 8.89. The lowest BCUT2D eigenvalue weighted by molar-refractivity contribution is 0.283. The molecule has 0 aliphatic heterocycles. The molecule has 118 valence electrons. The van der Waals surface area contributed by atoms with E-state index in [4.69, 9.17) is 23.1 Å². The van der Waals surface area contributed by atoms with Crippen molar-refractivity contribution in [3.63, 3.8) is 0 Å². The van der Waals surface area contributed by atoms with Crippen molar-refractivity contribution < 1.29 is 5.11 Å². The second-order valence-corrected chi connectivity index (χ2v) is 5.54. The maximum atomic E-state index is 8.82. The normalized spacial score (nSPS) is 10.7. The number of aliphatic hydroxyl groups excluding tert-OH is 1. The van der Waals surface area contributed by atoms with Crippen LogP contribution < -0.4 is 10.6 Å². The predicted octanol–water partition coefficient (Wildman–Crippen LogP) is 1.83. The van der Waals surface area contributed by atoms with E-state index in [2.05, 4.69) is 28.9 Å². The Bertz CT molecular complexity index is 479. The van der Waals surface area contributed by atoms with Crippen LogP contribution in [0.5, 0.6) is 0 Å². The number of anilines is 1. The van der Waals surface area contributed by atoms with Crippen molar-refractivity contribution >= 4 is 23.0 Å². The fourth-order valence-electron chi connectivity index (χ4n) is 2.43. The number of thiocarbonyl (C=S) groups is 1. The molecule has 0 aromatic carbocycles. The van der Waals surface area contributed by atoms with Crippen molar-refractivity contribution in [1.82, 2.24) is 10.2 Å². The monoisotopic (exact) mass is 310 g/mol. The lowest BCUT2D eigenvalue weighted by Gasteiger charge is -2.23. The minimum atomic E-state index is 0.243. The van der Waals surface area contributed by atoms with Gasteiger partial charge in [-0.3, -0.25) is 0 Å². The highest BCUT2D eigenvalue weighted by Crippen LogP contribution is 2.23. The van der Waals surface area contributed by atoms with E-state index in [1.165, 1.54) is 0 Å². The number of aliphatic hydroxyl groups is 1. The van der Waals surface area contributed by atoms with E-state index >= 15 is 0 Å². The highest BCUT2D eigenvalue weighted by molar-refractivity contribution is 7.80. The van der Waals surface area contributed by atoms with Crippen LogP contribution in [-0.4, -0.2) is 40.5 Å². The first-order chi connectivity index (χ1) is 10.1. The molecule has 0 unspecified atom stereocenters. The third-order valence-corrected chi connectivity index (χ3v) is 3.79. The topological polar surface area (TPSA) is 75.3 Å². The van der Waals surface area contributed by atoms with Gasteiger partial charge in [-0.05, 0) is 37.7 Å². The molecule has 1 rings (SSSR count). The van der Waals surface area contributed by atoms with Gasteiger partial charge in [0, 0.05) is 20.2 Å². The molecular weight excluding hydrogens is 284 g/mol. The summed E-state index contributed by atoms with van der Waals surface area (Å²) in [5.74, 6) is 0.764. The molecule has 0 fully saturated rings. The van der Waals surface area contributed by atoms with Crippen LogP contribution in [0.15, 0.2) is 0 Å². The average Bonchev–Trinajstić information content (AvgIpc) is 2.49. The minimum absolute atomic E-state index is 0.243. The lowest BCUT2D eigenvalue weighted by Crippen LogP contribution is -2.27. The first kappa shape index (κ1) is 17.8. The molecule has 0 amide bonds. The van der Waals surface area contributed by atoms with E-state index < -0.39 is 0 Å². The summed E-state index contributed by atoms with van der Waals surface area (Å²) in [4.78, 5) is 2.44. The summed E-state index contributed by atoms with van der Waals surface area (Å²) in [5.41, 5.74) is 8.88. The molecule has 6 heteroatoms. The smallest absolute Gasteiger partial charge is 0.161 e. The van der Waals surface area contributed by atoms with Crippen molar-refractivity contribution in [3.05, 3.63) is 16.8 Å². The summed E-state index contributed by atoms with van der Waals surface area (Å²) in [5, 5.41) is 17.5. The van der Waals surface area contributed by atoms with E-state index in [1.807, 2.05) is 7.05 Å². The SMILES string of the molecule is CCc1nnc(N(C)CCCCCO)c(C(N)=S)c1CC. The molecule has 0 radical (unpaired) electrons. The van der Waals surface area contributed by atoms with Crippen molar-refractivity contribution in [2.24, 2.45) is 5.73 Å². The van der Waals surface area contributed by atoms with E-state index in [1.54, 1.807) is 0 Å². The summed E-state index contributed by atoms with van der Waals surface area (Å²) >= 11 is 5.23. The van der Waals surface area contributed by atoms with Gasteiger partial charge in [-0.15, -0.1) is 5.10 Å². The first-order valence-corrected chi connectivity index (χ1v) is 7.97. The van der Waals surface area contributed by atoms with Gasteiger partial charge < -0.3 is 15.7 Å². The maximum absolute atomic E-state index is 8.82. The van der Waals surface area contributed by atoms with Gasteiger partial charge in [0.15, 0.2) is 5.82 Å². The highest BCUT2D eigenvalue weighted by atomic mass is 32.1. The molecule has 0 saturated carbocycles. The lowest BCUT2D eigenvalue weighted by atomic mass is 10.0. The minimum Gasteiger partial charge on any atom is -0.396 e. The Hall–Kier alpha value is -1.27. The van der Waals surface area contributed by atoms with Gasteiger partial charge in [0.2, 0.25) is 0 Å². The van der Waals surface area contributed by atoms with E-state index in [0.29, 0.717) is 4.99 Å². The Morgan fingerprint density at radius 3 is 2.43 bits per heavy atom. The molecule has 21 heavy (non-hydrogen) atoms. The van der Waals surface area contributed by atoms with E-state index in [-0.39, 0.29) is 6.61 Å². The number of rotatable bonds is 9. The molecule has 1 aromatic rings. The van der Waals surface area contributed by atoms with Crippen LogP contribution in [-0.2, 0) is 12.8 Å². The Morgan fingerprint density at radius 2 is 1.90 bits per heavy atom. The van der Waals surface area contributed by atoms with Crippen molar-refractivity contribution in [2.75, 3.05) is 25.1 Å². The largest absolute Gasteiger partial charge is 0.396 e. The van der Waals surface area contributed by atoms with Gasteiger partial charge in [0.05, 0.1) is 11.3 Å². The van der Waals surface area contributed by atoms with E-state index in [9.17, 15) is 0 Å². The van der Waals surface area contributed by atoms with Crippen molar-refractivity contribution in [2.45, 2.75) is 46.0 Å². The molecular formula is C15H26N4OS. The number of hydrogen-bond acceptors (Lipinski definition) is 5. The summed E-state index contributed by atoms with van der Waals surface area (Å²) in [7, 11) is 1.98. The fourth-order valence-corrected chi connectivity index (χ4v) is 2.65. The number of nitrogens with zero attached hydrogens (tertiary/aromatic N) is 3.